The molecule has 0 nitrogen and oxygen atoms in total. The van der Waals surface area contributed by atoms with E-state index in [0.717, 1.165) is 0 Å². The van der Waals surface area contributed by atoms with Gasteiger partial charge < -0.3 is 0 Å². The minimum absolute atomic E-state index is 0.450. The van der Waals surface area contributed by atoms with Gasteiger partial charge in [-0.15, -0.1) is 0 Å². The molecule has 0 bridgehead atoms. The molecule has 30 heavy (non-hydrogen) atoms. The summed E-state index contributed by atoms with van der Waals surface area (Å²) in [5.74, 6) is 0. The Labute approximate surface area is 197 Å². The molecule has 2 unspecified atom stereocenters. The summed E-state index contributed by atoms with van der Waals surface area (Å²) in [6, 6.07) is 24.7. The van der Waals surface area contributed by atoms with Crippen LogP contribution in [0.1, 0.15) is 47.2 Å². The van der Waals surface area contributed by atoms with Crippen LogP contribution in [0.5, 0.6) is 0 Å². The van der Waals surface area contributed by atoms with Crippen molar-refractivity contribution in [3.63, 3.8) is 0 Å². The summed E-state index contributed by atoms with van der Waals surface area (Å²) in [6.45, 7) is 7.28. The fraction of sp³-hybridized carbons (Fsp3) is 0.185. The van der Waals surface area contributed by atoms with E-state index < -0.39 is 8.07 Å². The Bertz CT molecular complexity index is 1130. The molecule has 0 amide bonds. The standard InChI is InChI=1S/C27H24Br2Si/c1-17-15-22-20(11-7-13-24(22)28)26(17)30(3,19-9-5-4-6-10-19)27-18(2)16-23-21(27)12-8-14-25(23)29/h4-16,26-27H,1-3H3. The number of hydrogen-bond donors (Lipinski definition) is 0. The molecule has 2 atom stereocenters. The number of rotatable bonds is 3. The van der Waals surface area contributed by atoms with Crippen molar-refractivity contribution in [2.45, 2.75) is 31.5 Å². The van der Waals surface area contributed by atoms with Gasteiger partial charge in [0.15, 0.2) is 0 Å². The third-order valence-electron chi connectivity index (χ3n) is 7.05. The first kappa shape index (κ1) is 20.2. The highest BCUT2D eigenvalue weighted by molar-refractivity contribution is 9.10. The van der Waals surface area contributed by atoms with Crippen LogP contribution in [0.25, 0.3) is 12.2 Å². The molecular formula is C27H24Br2Si. The first-order valence-corrected chi connectivity index (χ1v) is 14.7. The molecule has 0 aromatic heterocycles. The highest BCUT2D eigenvalue weighted by Gasteiger charge is 2.51. The third-order valence-corrected chi connectivity index (χ3v) is 13.9. The van der Waals surface area contributed by atoms with E-state index in [9.17, 15) is 0 Å². The predicted octanol–water partition coefficient (Wildman–Crippen LogP) is 7.98. The molecule has 150 valence electrons. The lowest BCUT2D eigenvalue weighted by Gasteiger charge is -2.42. The van der Waals surface area contributed by atoms with E-state index in [1.807, 2.05) is 0 Å². The summed E-state index contributed by atoms with van der Waals surface area (Å²) in [6.07, 6.45) is 4.82. The molecule has 0 spiro atoms. The molecule has 3 aromatic rings. The summed E-state index contributed by atoms with van der Waals surface area (Å²) in [7, 11) is -2.11. The van der Waals surface area contributed by atoms with Gasteiger partial charge in [0, 0.05) is 20.0 Å². The molecule has 0 N–H and O–H groups in total. The number of allylic oxidation sites excluding steroid dienone is 2. The van der Waals surface area contributed by atoms with E-state index in [4.69, 9.17) is 0 Å². The first-order valence-electron chi connectivity index (χ1n) is 10.4. The van der Waals surface area contributed by atoms with E-state index in [1.54, 1.807) is 0 Å². The molecule has 2 aliphatic rings. The van der Waals surface area contributed by atoms with Crippen molar-refractivity contribution in [3.8, 4) is 0 Å². The van der Waals surface area contributed by atoms with Gasteiger partial charge in [0.25, 0.3) is 0 Å². The molecule has 3 aromatic carbocycles. The average Bonchev–Trinajstić information content (AvgIpc) is 3.26. The van der Waals surface area contributed by atoms with E-state index in [0.29, 0.717) is 11.1 Å². The molecule has 3 heteroatoms. The van der Waals surface area contributed by atoms with E-state index in [1.165, 1.54) is 47.5 Å². The van der Waals surface area contributed by atoms with Gasteiger partial charge in [-0.1, -0.05) is 121 Å². The van der Waals surface area contributed by atoms with Crippen molar-refractivity contribution in [3.05, 3.63) is 109 Å². The minimum atomic E-state index is -2.11. The number of benzene rings is 3. The second-order valence-electron chi connectivity index (χ2n) is 8.78. The summed E-state index contributed by atoms with van der Waals surface area (Å²) >= 11 is 7.62. The van der Waals surface area contributed by atoms with Crippen molar-refractivity contribution in [1.82, 2.24) is 0 Å². The van der Waals surface area contributed by atoms with Gasteiger partial charge in [-0.3, -0.25) is 0 Å². The maximum absolute atomic E-state index is 3.81. The van der Waals surface area contributed by atoms with Gasteiger partial charge in [0.05, 0.1) is 0 Å². The van der Waals surface area contributed by atoms with E-state index in [2.05, 4.69) is 131 Å². The number of fused-ring (bicyclic) bond motifs is 2. The van der Waals surface area contributed by atoms with Crippen LogP contribution < -0.4 is 5.19 Å². The summed E-state index contributed by atoms with van der Waals surface area (Å²) in [5.41, 5.74) is 9.58. The summed E-state index contributed by atoms with van der Waals surface area (Å²) < 4.78 is 2.40. The topological polar surface area (TPSA) is 0 Å². The minimum Gasteiger partial charge on any atom is -0.0675 e. The molecule has 0 radical (unpaired) electrons. The van der Waals surface area contributed by atoms with Gasteiger partial charge in [0.2, 0.25) is 0 Å². The van der Waals surface area contributed by atoms with Crippen LogP contribution in [0.2, 0.25) is 6.55 Å². The van der Waals surface area contributed by atoms with Gasteiger partial charge in [-0.2, -0.15) is 0 Å². The fourth-order valence-corrected chi connectivity index (χ4v) is 12.7. The molecule has 0 heterocycles. The van der Waals surface area contributed by atoms with Gasteiger partial charge in [-0.25, -0.2) is 0 Å². The smallest absolute Gasteiger partial charge is 0.0675 e. The third kappa shape index (κ3) is 2.90. The zero-order valence-electron chi connectivity index (χ0n) is 17.4. The molecule has 0 saturated heterocycles. The summed E-state index contributed by atoms with van der Waals surface area (Å²) in [4.78, 5) is 0. The van der Waals surface area contributed by atoms with Crippen molar-refractivity contribution >= 4 is 57.3 Å². The lowest BCUT2D eigenvalue weighted by Crippen LogP contribution is -2.55. The van der Waals surface area contributed by atoms with E-state index in [-0.39, 0.29) is 0 Å². The highest BCUT2D eigenvalue weighted by Crippen LogP contribution is 2.53. The van der Waals surface area contributed by atoms with Crippen LogP contribution in [0.15, 0.2) is 86.8 Å². The van der Waals surface area contributed by atoms with Crippen molar-refractivity contribution in [2.75, 3.05) is 0 Å². The maximum Gasteiger partial charge on any atom is 0.106 e. The lowest BCUT2D eigenvalue weighted by atomic mass is 10.1. The Kier molecular flexibility index (Phi) is 5.04. The molecule has 0 saturated carbocycles. The number of hydrogen-bond acceptors (Lipinski definition) is 0. The second kappa shape index (κ2) is 7.47. The Morgan fingerprint density at radius 1 is 0.633 bits per heavy atom. The Morgan fingerprint density at radius 3 is 1.57 bits per heavy atom. The largest absolute Gasteiger partial charge is 0.106 e. The number of halogens is 2. The highest BCUT2D eigenvalue weighted by atomic mass is 79.9. The normalized spacial score (nSPS) is 21.5. The molecule has 0 fully saturated rings. The monoisotopic (exact) mass is 534 g/mol. The molecule has 0 aliphatic heterocycles. The van der Waals surface area contributed by atoms with Crippen LogP contribution in [-0.2, 0) is 0 Å². The second-order valence-corrected chi connectivity index (χ2v) is 14.8. The van der Waals surface area contributed by atoms with Crippen LogP contribution in [0.3, 0.4) is 0 Å². The molecule has 5 rings (SSSR count). The fourth-order valence-electron chi connectivity index (χ4n) is 5.92. The zero-order valence-corrected chi connectivity index (χ0v) is 21.6. The van der Waals surface area contributed by atoms with Gasteiger partial charge in [0.1, 0.15) is 8.07 Å². The van der Waals surface area contributed by atoms with Crippen LogP contribution in [-0.4, -0.2) is 8.07 Å². The van der Waals surface area contributed by atoms with Crippen molar-refractivity contribution in [2.24, 2.45) is 0 Å². The zero-order chi connectivity index (χ0) is 21.0. The van der Waals surface area contributed by atoms with E-state index >= 15 is 0 Å². The van der Waals surface area contributed by atoms with Gasteiger partial charge in [-0.05, 0) is 48.2 Å². The average molecular weight is 536 g/mol. The Morgan fingerprint density at radius 2 is 1.10 bits per heavy atom. The van der Waals surface area contributed by atoms with Crippen LogP contribution in [0.4, 0.5) is 0 Å². The summed E-state index contributed by atoms with van der Waals surface area (Å²) in [5, 5.41) is 1.53. The molecule has 2 aliphatic carbocycles. The van der Waals surface area contributed by atoms with Crippen molar-refractivity contribution < 1.29 is 0 Å². The quantitative estimate of drug-likeness (QED) is 0.298. The van der Waals surface area contributed by atoms with Crippen LogP contribution >= 0.6 is 31.9 Å². The maximum atomic E-state index is 3.81. The predicted molar refractivity (Wildman–Crippen MR) is 139 cm³/mol. The first-order chi connectivity index (χ1) is 14.4. The van der Waals surface area contributed by atoms with Crippen LogP contribution in [0, 0.1) is 0 Å². The molecular weight excluding hydrogens is 512 g/mol. The lowest BCUT2D eigenvalue weighted by molar-refractivity contribution is 0.979. The SMILES string of the molecule is CC1=Cc2c(Br)cccc2C1[Si](C)(c1ccccc1)C1C(C)=Cc2c(Br)cccc21. The Hall–Kier alpha value is -1.68. The Balaban J connectivity index is 1.79. The van der Waals surface area contributed by atoms with Crippen molar-refractivity contribution in [1.29, 1.82) is 0 Å². The van der Waals surface area contributed by atoms with Gasteiger partial charge >= 0.3 is 0 Å².